The van der Waals surface area contributed by atoms with Crippen LogP contribution in [-0.4, -0.2) is 50.5 Å². The summed E-state index contributed by atoms with van der Waals surface area (Å²) in [6.45, 7) is 5.86. The number of carbonyl (C=O) groups is 2. The summed E-state index contributed by atoms with van der Waals surface area (Å²) in [5.74, 6) is -0.724. The number of halogens is 1. The Kier molecular flexibility index (Phi) is 9.91. The molecule has 0 spiro atoms. The predicted molar refractivity (Wildman–Crippen MR) is 135 cm³/mol. The zero-order valence-electron chi connectivity index (χ0n) is 19.5. The number of sulfonamides is 1. The number of aryl methyl sites for hydroxylation is 1. The lowest BCUT2D eigenvalue weighted by molar-refractivity contribution is -0.139. The second kappa shape index (κ2) is 12.2. The number of unbranched alkanes of at least 4 members (excludes halogenated alkanes) is 1. The topological polar surface area (TPSA) is 86.8 Å². The number of hydrogen-bond acceptors (Lipinski definition) is 4. The molecule has 2 amide bonds. The van der Waals surface area contributed by atoms with Crippen molar-refractivity contribution in [2.75, 3.05) is 23.7 Å². The molecule has 2 rings (SSSR count). The molecule has 2 aromatic carbocycles. The average molecular weight is 539 g/mol. The Morgan fingerprint density at radius 1 is 1.12 bits per heavy atom. The van der Waals surface area contributed by atoms with Gasteiger partial charge in [0.2, 0.25) is 21.8 Å². The lowest BCUT2D eigenvalue weighted by Gasteiger charge is -2.31. The third-order valence-corrected chi connectivity index (χ3v) is 6.90. The first kappa shape index (κ1) is 26.9. The Bertz CT molecular complexity index is 1060. The predicted octanol–water partition coefficient (Wildman–Crippen LogP) is 3.86. The number of anilines is 1. The summed E-state index contributed by atoms with van der Waals surface area (Å²) < 4.78 is 27.1. The number of hydrogen-bond donors (Lipinski definition) is 1. The lowest BCUT2D eigenvalue weighted by Crippen LogP contribution is -2.51. The average Bonchev–Trinajstić information content (AvgIpc) is 2.75. The Balaban J connectivity index is 2.33. The monoisotopic (exact) mass is 537 g/mol. The molecule has 0 unspecified atom stereocenters. The molecule has 7 nitrogen and oxygen atoms in total. The first-order valence-corrected chi connectivity index (χ1v) is 13.5. The molecule has 0 saturated heterocycles. The minimum absolute atomic E-state index is 0.180. The van der Waals surface area contributed by atoms with Crippen LogP contribution in [-0.2, 0) is 26.2 Å². The maximum absolute atomic E-state index is 13.4. The van der Waals surface area contributed by atoms with E-state index in [0.29, 0.717) is 12.2 Å². The third-order valence-electron chi connectivity index (χ3n) is 5.23. The normalized spacial score (nSPS) is 12.2. The number of benzene rings is 2. The Morgan fingerprint density at radius 3 is 2.36 bits per heavy atom. The fourth-order valence-electron chi connectivity index (χ4n) is 3.30. The summed E-state index contributed by atoms with van der Waals surface area (Å²) in [5.41, 5.74) is 2.12. The maximum Gasteiger partial charge on any atom is 0.244 e. The van der Waals surface area contributed by atoms with Gasteiger partial charge in [0.1, 0.15) is 12.6 Å². The summed E-state index contributed by atoms with van der Waals surface area (Å²) in [6, 6.07) is 13.7. The van der Waals surface area contributed by atoms with Crippen LogP contribution in [0.4, 0.5) is 5.69 Å². The number of nitrogens with one attached hydrogen (secondary N) is 1. The zero-order chi connectivity index (χ0) is 24.6. The summed E-state index contributed by atoms with van der Waals surface area (Å²) in [5, 5.41) is 2.86. The molecule has 0 aromatic heterocycles. The molecular weight excluding hydrogens is 506 g/mol. The molecule has 0 fully saturated rings. The highest BCUT2D eigenvalue weighted by atomic mass is 79.9. The highest BCUT2D eigenvalue weighted by molar-refractivity contribution is 9.10. The van der Waals surface area contributed by atoms with Crippen molar-refractivity contribution in [2.24, 2.45) is 0 Å². The van der Waals surface area contributed by atoms with E-state index in [1.165, 1.54) is 4.90 Å². The van der Waals surface area contributed by atoms with Crippen molar-refractivity contribution < 1.29 is 18.0 Å². The maximum atomic E-state index is 13.4. The fourth-order valence-corrected chi connectivity index (χ4v) is 4.41. The molecule has 0 heterocycles. The summed E-state index contributed by atoms with van der Waals surface area (Å²) in [7, 11) is -3.73. The molecule has 0 aliphatic carbocycles. The van der Waals surface area contributed by atoms with Crippen LogP contribution in [0.25, 0.3) is 0 Å². The van der Waals surface area contributed by atoms with Gasteiger partial charge in [-0.3, -0.25) is 13.9 Å². The van der Waals surface area contributed by atoms with E-state index in [-0.39, 0.29) is 12.5 Å². The summed E-state index contributed by atoms with van der Waals surface area (Å²) in [4.78, 5) is 27.6. The van der Waals surface area contributed by atoms with Gasteiger partial charge in [0.15, 0.2) is 0 Å². The highest BCUT2D eigenvalue weighted by Gasteiger charge is 2.30. The molecule has 1 atom stereocenters. The minimum Gasteiger partial charge on any atom is -0.354 e. The van der Waals surface area contributed by atoms with Gasteiger partial charge in [-0.05, 0) is 55.7 Å². The van der Waals surface area contributed by atoms with Crippen LogP contribution in [0.5, 0.6) is 0 Å². The van der Waals surface area contributed by atoms with Crippen LogP contribution in [0.15, 0.2) is 53.0 Å². The fraction of sp³-hybridized carbons (Fsp3) is 0.417. The largest absolute Gasteiger partial charge is 0.354 e. The van der Waals surface area contributed by atoms with Crippen LogP contribution in [0.2, 0.25) is 0 Å². The van der Waals surface area contributed by atoms with E-state index in [1.54, 1.807) is 25.1 Å². The van der Waals surface area contributed by atoms with Gasteiger partial charge in [0.25, 0.3) is 0 Å². The SMILES string of the molecule is CCCCNC(=O)[C@H](C)N(Cc1ccc(Br)cc1)C(=O)CN(c1cccc(C)c1)S(C)(=O)=O. The van der Waals surface area contributed by atoms with Crippen molar-refractivity contribution in [3.63, 3.8) is 0 Å². The van der Waals surface area contributed by atoms with E-state index >= 15 is 0 Å². The van der Waals surface area contributed by atoms with E-state index in [0.717, 1.165) is 39.0 Å². The summed E-state index contributed by atoms with van der Waals surface area (Å²) in [6.07, 6.45) is 2.85. The van der Waals surface area contributed by atoms with Crippen molar-refractivity contribution >= 4 is 43.5 Å². The molecule has 9 heteroatoms. The Labute approximate surface area is 205 Å². The smallest absolute Gasteiger partial charge is 0.244 e. The molecule has 0 aliphatic heterocycles. The van der Waals surface area contributed by atoms with Gasteiger partial charge in [-0.1, -0.05) is 53.5 Å². The van der Waals surface area contributed by atoms with Gasteiger partial charge in [0.05, 0.1) is 11.9 Å². The first-order chi connectivity index (χ1) is 15.5. The van der Waals surface area contributed by atoms with E-state index in [9.17, 15) is 18.0 Å². The van der Waals surface area contributed by atoms with Crippen LogP contribution in [0.1, 0.15) is 37.8 Å². The lowest BCUT2D eigenvalue weighted by atomic mass is 10.1. The van der Waals surface area contributed by atoms with E-state index in [4.69, 9.17) is 0 Å². The quantitative estimate of drug-likeness (QED) is 0.441. The number of amides is 2. The van der Waals surface area contributed by atoms with Gasteiger partial charge in [0, 0.05) is 17.6 Å². The van der Waals surface area contributed by atoms with E-state index in [1.807, 2.05) is 44.2 Å². The molecule has 33 heavy (non-hydrogen) atoms. The van der Waals surface area contributed by atoms with Crippen LogP contribution < -0.4 is 9.62 Å². The standard InChI is InChI=1S/C24H32BrN3O4S/c1-5-6-14-26-24(30)19(3)27(16-20-10-12-21(25)13-11-20)23(29)17-28(33(4,31)32)22-9-7-8-18(2)15-22/h7-13,15,19H,5-6,14,16-17H2,1-4H3,(H,26,30)/t19-/m0/s1. The van der Waals surface area contributed by atoms with Gasteiger partial charge >= 0.3 is 0 Å². The van der Waals surface area contributed by atoms with Gasteiger partial charge in [-0.2, -0.15) is 0 Å². The Hall–Kier alpha value is -2.39. The molecule has 0 bridgehead atoms. The van der Waals surface area contributed by atoms with Crippen LogP contribution >= 0.6 is 15.9 Å². The zero-order valence-corrected chi connectivity index (χ0v) is 21.9. The van der Waals surface area contributed by atoms with E-state index in [2.05, 4.69) is 21.2 Å². The molecule has 0 radical (unpaired) electrons. The minimum atomic E-state index is -3.73. The number of rotatable bonds is 11. The van der Waals surface area contributed by atoms with Crippen LogP contribution in [0.3, 0.4) is 0 Å². The molecule has 180 valence electrons. The number of carbonyl (C=O) groups excluding carboxylic acids is 2. The molecule has 2 aromatic rings. The molecule has 0 aliphatic rings. The Morgan fingerprint density at radius 2 is 1.79 bits per heavy atom. The van der Waals surface area contributed by atoms with Crippen molar-refractivity contribution in [1.82, 2.24) is 10.2 Å². The van der Waals surface area contributed by atoms with Crippen LogP contribution in [0, 0.1) is 6.92 Å². The third kappa shape index (κ3) is 8.16. The number of nitrogens with zero attached hydrogens (tertiary/aromatic N) is 2. The summed E-state index contributed by atoms with van der Waals surface area (Å²) >= 11 is 3.40. The highest BCUT2D eigenvalue weighted by Crippen LogP contribution is 2.20. The first-order valence-electron chi connectivity index (χ1n) is 10.9. The molecule has 1 N–H and O–H groups in total. The molecule has 0 saturated carbocycles. The van der Waals surface area contributed by atoms with Crippen molar-refractivity contribution in [2.45, 2.75) is 46.2 Å². The van der Waals surface area contributed by atoms with Gasteiger partial charge in [-0.25, -0.2) is 8.42 Å². The van der Waals surface area contributed by atoms with E-state index < -0.39 is 28.5 Å². The van der Waals surface area contributed by atoms with Crippen molar-refractivity contribution in [1.29, 1.82) is 0 Å². The second-order valence-electron chi connectivity index (χ2n) is 8.08. The van der Waals surface area contributed by atoms with Gasteiger partial charge < -0.3 is 10.2 Å². The van der Waals surface area contributed by atoms with Crippen molar-refractivity contribution in [3.05, 3.63) is 64.1 Å². The molecular formula is C24H32BrN3O4S. The van der Waals surface area contributed by atoms with Gasteiger partial charge in [-0.15, -0.1) is 0 Å². The van der Waals surface area contributed by atoms with Crippen molar-refractivity contribution in [3.8, 4) is 0 Å². The second-order valence-corrected chi connectivity index (χ2v) is 10.9.